The maximum atomic E-state index is 13.7. The van der Waals surface area contributed by atoms with Crippen molar-refractivity contribution >= 4 is 112 Å². The van der Waals surface area contributed by atoms with E-state index in [0.29, 0.717) is 72.7 Å². The van der Waals surface area contributed by atoms with Crippen molar-refractivity contribution in [3.8, 4) is 39.1 Å². The summed E-state index contributed by atoms with van der Waals surface area (Å²) in [4.78, 5) is 124. The zero-order chi connectivity index (χ0) is 92.0. The highest BCUT2D eigenvalue weighted by molar-refractivity contribution is 6.13. The number of nitrogens with one attached hydrogen (secondary N) is 1. The molecule has 1 aromatic heterocycles. The van der Waals surface area contributed by atoms with Gasteiger partial charge in [0.15, 0.2) is 5.78 Å². The number of aromatic nitrogens is 1. The number of anilines is 1. The van der Waals surface area contributed by atoms with Crippen LogP contribution < -0.4 is 27.3 Å². The second-order valence-electron chi connectivity index (χ2n) is 34.7. The summed E-state index contributed by atoms with van der Waals surface area (Å²) in [6, 6.07) is 51.0. The first kappa shape index (κ1) is 94.4. The lowest BCUT2D eigenvalue weighted by Crippen LogP contribution is -2.34. The van der Waals surface area contributed by atoms with Crippen LogP contribution in [-0.4, -0.2) is 198 Å². The van der Waals surface area contributed by atoms with Crippen LogP contribution in [0.25, 0.3) is 57.7 Å². The summed E-state index contributed by atoms with van der Waals surface area (Å²) in [7, 11) is 4.08. The first-order chi connectivity index (χ1) is 62.9. The number of likely N-dealkylation sites (tertiary alicyclic amines) is 3. The molecule has 5 amide bonds. The highest BCUT2D eigenvalue weighted by Gasteiger charge is 2.52. The van der Waals surface area contributed by atoms with E-state index >= 15 is 0 Å². The van der Waals surface area contributed by atoms with Crippen LogP contribution in [0.4, 0.5) is 22.7 Å². The third-order valence-corrected chi connectivity index (χ3v) is 24.5. The molecule has 8 aromatic rings. The number of benzene rings is 7. The average Bonchev–Trinajstić information content (AvgIpc) is 1.58. The van der Waals surface area contributed by atoms with Crippen LogP contribution in [0.2, 0.25) is 0 Å². The van der Waals surface area contributed by atoms with Crippen molar-refractivity contribution < 1.29 is 43.0 Å². The van der Waals surface area contributed by atoms with Gasteiger partial charge in [-0.2, -0.15) is 0 Å². The van der Waals surface area contributed by atoms with Gasteiger partial charge in [0.1, 0.15) is 35.7 Å². The average molecular weight is 1750 g/mol. The van der Waals surface area contributed by atoms with Crippen LogP contribution in [0.3, 0.4) is 0 Å². The van der Waals surface area contributed by atoms with Gasteiger partial charge in [-0.3, -0.25) is 38.7 Å². The summed E-state index contributed by atoms with van der Waals surface area (Å²) in [5, 5.41) is 3.56. The number of fused-ring (bicyclic) bond motifs is 4. The Kier molecular flexibility index (Phi) is 32.4. The topological polar surface area (TPSA) is 310 Å². The fraction of sp³-hybridized carbons (Fsp3) is 0.377. The number of hydrogen-bond acceptors (Lipinski definition) is 18. The molecule has 3 saturated heterocycles. The Bertz CT molecular complexity index is 5700. The standard InChI is InChI=1S/C33H45N5O2.C29H36N4O2.C25H25N3O2.C19H19N3O3/c1-5-7-18-37(17-6-2)33(40)29-22-28-15-14-27(23-30(28)35-31(24-29)34-16-21-36(3)4)25-10-12-26(13-11-25)32(39)38-19-8-9-20-38;1-4-12-32(13-5-2)29(35)24-17-23-16-20(3)25(19-26(23)31-27(30)18-24)21-8-10-22(11-9-21)28(34)33-14-6-7-15-33;1-16(29)21-14-20-9-8-19(15-22(20)27-24(26)25(21)10-11-25)17-4-6-18(7-5-17)23(30)28-12-2-3-13-28;1-2-24-19(23)14-9-13-10-16(6-7-17(13)22-18(20)11-14)25-12-15-5-3-4-8-21-15/h10-15,22-23H,5-9,16-21,24H2,1-4H3,(H,34,35);8-11,16-17,19H,4-7,12-15,18H2,1-3H3,(H2,30,31);4-9,14-15H,2-3,10-13H2,1H3,(H2,26,27);3-10H,2,11-12H2,1H3,(H2,20,22). The number of Topliss-reactive ketones (excluding diaryl/α,β-unsaturated/α-hetero) is 1. The number of rotatable bonds is 26. The number of ether oxygens (including phenoxy) is 2. The predicted octanol–water partition coefficient (Wildman–Crippen LogP) is 18.5. The minimum Gasteiger partial charge on any atom is -0.487 e. The number of hydrogen-bond donors (Lipinski definition) is 4. The summed E-state index contributed by atoms with van der Waals surface area (Å²) in [5.41, 5.74) is 37.9. The third-order valence-electron chi connectivity index (χ3n) is 24.5. The van der Waals surface area contributed by atoms with E-state index in [1.807, 2.05) is 190 Å². The van der Waals surface area contributed by atoms with Crippen molar-refractivity contribution in [3.05, 3.63) is 236 Å². The van der Waals surface area contributed by atoms with Gasteiger partial charge in [-0.25, -0.2) is 19.8 Å². The van der Waals surface area contributed by atoms with E-state index in [1.54, 1.807) is 26.1 Å². The lowest BCUT2D eigenvalue weighted by molar-refractivity contribution is -0.138. The zero-order valence-electron chi connectivity index (χ0n) is 76.9. The van der Waals surface area contributed by atoms with Gasteiger partial charge >= 0.3 is 5.97 Å². The largest absolute Gasteiger partial charge is 0.487 e. The van der Waals surface area contributed by atoms with Gasteiger partial charge in [-0.1, -0.05) is 101 Å². The molecule has 24 nitrogen and oxygen atoms in total. The molecule has 1 spiro atoms. The Morgan fingerprint density at radius 1 is 0.492 bits per heavy atom. The Morgan fingerprint density at radius 3 is 1.52 bits per heavy atom. The molecular formula is C106H125N15O9. The molecule has 24 heteroatoms. The number of nitrogens with zero attached hydrogens (tertiary/aromatic N) is 11. The third kappa shape index (κ3) is 24.0. The van der Waals surface area contributed by atoms with Crippen molar-refractivity contribution in [3.63, 3.8) is 0 Å². The van der Waals surface area contributed by atoms with Gasteiger partial charge in [0.2, 0.25) is 11.8 Å². The number of amides is 5. The number of aryl methyl sites for hydroxylation is 1. The van der Waals surface area contributed by atoms with E-state index in [4.69, 9.17) is 36.7 Å². The van der Waals surface area contributed by atoms with Crippen LogP contribution in [-0.2, 0) is 30.5 Å². The number of ketones is 1. The van der Waals surface area contributed by atoms with Crippen molar-refractivity contribution in [1.29, 1.82) is 0 Å². The van der Waals surface area contributed by atoms with Gasteiger partial charge in [0.25, 0.3) is 17.7 Å². The minimum absolute atomic E-state index is 0.0414. The molecule has 8 heterocycles. The minimum atomic E-state index is -0.381. The number of likely N-dealkylation sites (N-methyl/N-ethyl adjacent to an activating group) is 1. The Hall–Kier alpha value is -13.2. The molecule has 0 unspecified atom stereocenters. The Labute approximate surface area is 765 Å². The SMILES string of the molecule is CC(=O)C1=Cc2ccc(-c3ccc(C(=O)N4CCCC4)cc3)cc2N=C(N)C12CC2.CCCCN(CCC)C(=O)C1=Cc2ccc(-c3ccc(C(=O)N4CCCC4)cc3)cc2NC(=NCCN(C)C)C1.CCCN(CCC)C(=O)C1=Cc2cc(C)c(-c3ccc(C(=O)N4CCCC4)cc3)cc2N=C(N)C1.CCOC(=O)C1=Cc2cc(OCc3ccccn3)ccc2N=C(N)C1. The Balaban J connectivity index is 0.000000150. The summed E-state index contributed by atoms with van der Waals surface area (Å²) in [6.45, 7) is 24.2. The van der Waals surface area contributed by atoms with E-state index in [1.165, 1.54) is 0 Å². The van der Waals surface area contributed by atoms with Gasteiger partial charge < -0.3 is 61.4 Å². The summed E-state index contributed by atoms with van der Waals surface area (Å²) >= 11 is 0. The number of unbranched alkanes of at least 4 members (excludes halogenated alkanes) is 1. The maximum absolute atomic E-state index is 13.7. The van der Waals surface area contributed by atoms with Gasteiger partial charge in [-0.05, 0) is 272 Å². The highest BCUT2D eigenvalue weighted by Crippen LogP contribution is 2.55. The molecule has 130 heavy (non-hydrogen) atoms. The van der Waals surface area contributed by atoms with Crippen LogP contribution >= 0.6 is 0 Å². The van der Waals surface area contributed by atoms with Crippen molar-refractivity contribution in [2.45, 2.75) is 158 Å². The normalized spacial score (nSPS) is 15.9. The summed E-state index contributed by atoms with van der Waals surface area (Å²) < 4.78 is 10.9. The first-order valence-electron chi connectivity index (χ1n) is 46.3. The quantitative estimate of drug-likeness (QED) is 0.0366. The Morgan fingerprint density at radius 2 is 0.992 bits per heavy atom. The number of carbonyl (C=O) groups is 7. The molecule has 0 radical (unpaired) electrons. The highest BCUT2D eigenvalue weighted by atomic mass is 16.5. The number of nitrogens with two attached hydrogens (primary N) is 3. The lowest BCUT2D eigenvalue weighted by Gasteiger charge is -2.23. The smallest absolute Gasteiger partial charge is 0.334 e. The van der Waals surface area contributed by atoms with Crippen molar-refractivity contribution in [1.82, 2.24) is 34.4 Å². The second kappa shape index (κ2) is 44.7. The molecule has 7 aliphatic heterocycles. The number of esters is 1. The van der Waals surface area contributed by atoms with Gasteiger partial charge in [0, 0.05) is 159 Å². The second-order valence-corrected chi connectivity index (χ2v) is 34.7. The predicted molar refractivity (Wildman–Crippen MR) is 523 cm³/mol. The molecule has 0 atom stereocenters. The van der Waals surface area contributed by atoms with Crippen LogP contribution in [0, 0.1) is 12.3 Å². The number of carbonyl (C=O) groups excluding carboxylic acids is 7. The van der Waals surface area contributed by atoms with E-state index in [9.17, 15) is 33.6 Å². The molecule has 8 aliphatic rings. The molecule has 16 rings (SSSR count). The fourth-order valence-electron chi connectivity index (χ4n) is 17.3. The summed E-state index contributed by atoms with van der Waals surface area (Å²) in [5.74, 6) is 2.98. The van der Waals surface area contributed by atoms with E-state index in [2.05, 4.69) is 84.1 Å². The molecule has 0 bridgehead atoms. The van der Waals surface area contributed by atoms with Gasteiger partial charge in [-0.15, -0.1) is 0 Å². The van der Waals surface area contributed by atoms with E-state index in [0.717, 1.165) is 273 Å². The molecule has 1 saturated carbocycles. The van der Waals surface area contributed by atoms with Gasteiger partial charge in [0.05, 0.1) is 41.3 Å². The first-order valence-corrected chi connectivity index (χ1v) is 46.3. The van der Waals surface area contributed by atoms with Crippen LogP contribution in [0.5, 0.6) is 5.75 Å². The number of pyridine rings is 1. The molecule has 1 aliphatic carbocycles. The van der Waals surface area contributed by atoms with Crippen LogP contribution in [0.1, 0.15) is 209 Å². The number of aliphatic imine (C=N–C) groups is 4. The molecular weight excluding hydrogens is 1630 g/mol. The van der Waals surface area contributed by atoms with Crippen molar-refractivity contribution in [2.24, 2.45) is 42.6 Å². The zero-order valence-corrected chi connectivity index (χ0v) is 76.9. The van der Waals surface area contributed by atoms with E-state index in [-0.39, 0.29) is 53.1 Å². The molecule has 7 aromatic carbocycles. The maximum Gasteiger partial charge on any atom is 0.334 e. The summed E-state index contributed by atoms with van der Waals surface area (Å²) in [6.07, 6.45) is 23.6. The van der Waals surface area contributed by atoms with Crippen molar-refractivity contribution in [2.75, 3.05) is 105 Å². The molecule has 7 N–H and O–H groups in total. The molecule has 678 valence electrons. The fourth-order valence-corrected chi connectivity index (χ4v) is 17.3. The monoisotopic (exact) mass is 1750 g/mol. The lowest BCUT2D eigenvalue weighted by atomic mass is 9.90. The molecule has 4 fully saturated rings. The van der Waals surface area contributed by atoms with E-state index < -0.39 is 0 Å². The number of amidine groups is 4. The van der Waals surface area contributed by atoms with Crippen LogP contribution in [0.15, 0.2) is 206 Å².